The number of carbonyl (C=O) groups excluding carboxylic acids is 6. The molecule has 3 saturated heterocycles. The zero-order valence-corrected chi connectivity index (χ0v) is 30.0. The topological polar surface area (TPSA) is 230 Å². The van der Waals surface area contributed by atoms with Crippen LogP contribution in [0.5, 0.6) is 5.75 Å². The van der Waals surface area contributed by atoms with Gasteiger partial charge in [0, 0.05) is 22.5 Å². The first kappa shape index (κ1) is 36.6. The van der Waals surface area contributed by atoms with Gasteiger partial charge in [-0.3, -0.25) is 28.8 Å². The van der Waals surface area contributed by atoms with Crippen LogP contribution in [0.1, 0.15) is 48.7 Å². The Labute approximate surface area is 311 Å². The van der Waals surface area contributed by atoms with Gasteiger partial charge in [0.1, 0.15) is 34.8 Å². The molecule has 3 aliphatic rings. The molecule has 3 fully saturated rings. The molecular formula is C33H31N6NaO9S. The van der Waals surface area contributed by atoms with Crippen LogP contribution in [-0.4, -0.2) is 78.7 Å². The second-order valence-corrected chi connectivity index (χ2v) is 14.2. The number of β-lactam (4-membered cyclic amide) rings is 1. The van der Waals surface area contributed by atoms with Crippen molar-refractivity contribution in [3.8, 4) is 17.0 Å². The number of hydrogen-bond acceptors (Lipinski definition) is 10. The third-order valence-electron chi connectivity index (χ3n) is 8.66. The van der Waals surface area contributed by atoms with E-state index in [4.69, 9.17) is 0 Å². The maximum Gasteiger partial charge on any atom is 1.00 e. The minimum Gasteiger partial charge on any atom is -0.548 e. The van der Waals surface area contributed by atoms with E-state index in [-0.39, 0.29) is 64.7 Å². The second kappa shape index (κ2) is 14.3. The fraction of sp³-hybridized carbons (Fsp3) is 0.303. The molecule has 0 saturated carbocycles. The van der Waals surface area contributed by atoms with Crippen LogP contribution >= 0.6 is 11.8 Å². The zero-order chi connectivity index (χ0) is 35.2. The van der Waals surface area contributed by atoms with Gasteiger partial charge >= 0.3 is 29.6 Å². The van der Waals surface area contributed by atoms with Gasteiger partial charge in [-0.15, -0.1) is 11.8 Å². The number of aromatic nitrogens is 1. The number of pyridine rings is 1. The quantitative estimate of drug-likeness (QED) is 0.0959. The number of anilines is 1. The maximum absolute atomic E-state index is 13.6. The third-order valence-corrected chi connectivity index (χ3v) is 10.2. The Morgan fingerprint density at radius 1 is 1.00 bits per heavy atom. The molecule has 254 valence electrons. The zero-order valence-electron chi connectivity index (χ0n) is 27.1. The van der Waals surface area contributed by atoms with Gasteiger partial charge in [0.25, 0.3) is 11.5 Å². The van der Waals surface area contributed by atoms with Crippen molar-refractivity contribution in [2.45, 2.75) is 61.0 Å². The summed E-state index contributed by atoms with van der Waals surface area (Å²) in [6.07, 6.45) is 0.699. The van der Waals surface area contributed by atoms with Crippen LogP contribution in [-0.2, 0) is 24.0 Å². The third kappa shape index (κ3) is 7.14. The molecule has 2 unspecified atom stereocenters. The van der Waals surface area contributed by atoms with Crippen LogP contribution < -0.4 is 61.5 Å². The van der Waals surface area contributed by atoms with Crippen LogP contribution in [0.2, 0.25) is 0 Å². The number of aliphatic carboxylic acids is 1. The Hall–Kier alpha value is -4.64. The van der Waals surface area contributed by atoms with E-state index in [1.165, 1.54) is 53.1 Å². The largest absolute Gasteiger partial charge is 1.00 e. The van der Waals surface area contributed by atoms with E-state index >= 15 is 0 Å². The minimum atomic E-state index is -1.40. The number of carbonyl (C=O) groups is 6. The Kier molecular flexibility index (Phi) is 10.5. The number of hydrogen-bond donors (Lipinski definition) is 6. The van der Waals surface area contributed by atoms with E-state index in [0.717, 1.165) is 0 Å². The molecule has 0 radical (unpaired) electrons. The van der Waals surface area contributed by atoms with Crippen molar-refractivity contribution in [1.29, 1.82) is 0 Å². The number of nitrogens with one attached hydrogen (secondary N) is 5. The summed E-state index contributed by atoms with van der Waals surface area (Å²) < 4.78 is -0.871. The predicted octanol–water partition coefficient (Wildman–Crippen LogP) is -3.26. The molecule has 17 heteroatoms. The summed E-state index contributed by atoms with van der Waals surface area (Å²) in [5, 5.41) is 31.4. The van der Waals surface area contributed by atoms with Gasteiger partial charge in [-0.1, -0.05) is 24.3 Å². The number of aromatic hydroxyl groups is 1. The molecule has 15 nitrogen and oxygen atoms in total. The number of aromatic amines is 1. The number of amides is 5. The van der Waals surface area contributed by atoms with Crippen LogP contribution in [0.4, 0.5) is 5.69 Å². The standard InChI is InChI=1S/C33H32N6O9S.Na/c1-33(2)25(32(47)48)39-30(46)24(31(39)49-33)38-29(45)23(16-5-9-18(40)10-6-16)37-27(43)19-11-12-20(36-26(19)42)15-3-7-17(8-4-15)34-28(44)21-13-14-22(41)35-21;/h3-12,21,23-25,31,40H,13-14H2,1-2H3,(H,34,44)(H,35,41)(H,36,42)(H,37,43)(H,38,45)(H,47,48);/q;+1/p-1/t21?,23?,24-,25+,31-;/m1./s1. The molecule has 0 spiro atoms. The van der Waals surface area contributed by atoms with Crippen molar-refractivity contribution in [2.24, 2.45) is 0 Å². The summed E-state index contributed by atoms with van der Waals surface area (Å²) >= 11 is 1.21. The van der Waals surface area contributed by atoms with Crippen molar-refractivity contribution < 1.29 is 68.5 Å². The Bertz CT molecular complexity index is 1930. The molecule has 0 bridgehead atoms. The van der Waals surface area contributed by atoms with Crippen LogP contribution in [0.3, 0.4) is 0 Å². The van der Waals surface area contributed by atoms with E-state index in [0.29, 0.717) is 23.4 Å². The number of rotatable bonds is 9. The van der Waals surface area contributed by atoms with Crippen LogP contribution in [0.25, 0.3) is 11.3 Å². The van der Waals surface area contributed by atoms with E-state index in [2.05, 4.69) is 26.3 Å². The van der Waals surface area contributed by atoms with E-state index in [1.54, 1.807) is 38.1 Å². The molecule has 6 N–H and O–H groups in total. The Balaban J connectivity index is 0.00000486. The fourth-order valence-electron chi connectivity index (χ4n) is 6.13. The smallest absolute Gasteiger partial charge is 0.548 e. The molecule has 1 aromatic heterocycles. The first-order valence-electron chi connectivity index (χ1n) is 15.3. The summed E-state index contributed by atoms with van der Waals surface area (Å²) in [7, 11) is 0. The molecule has 6 rings (SSSR count). The number of phenolic OH excluding ortho intramolecular Hbond substituents is 1. The number of benzene rings is 2. The Morgan fingerprint density at radius 3 is 2.28 bits per heavy atom. The average molecular weight is 711 g/mol. The molecule has 5 amide bonds. The molecule has 4 heterocycles. The molecular weight excluding hydrogens is 679 g/mol. The van der Waals surface area contributed by atoms with Gasteiger partial charge in [0.2, 0.25) is 23.6 Å². The normalized spacial score (nSPS) is 22.2. The summed E-state index contributed by atoms with van der Waals surface area (Å²) in [4.78, 5) is 92.4. The number of fused-ring (bicyclic) bond motifs is 1. The first-order chi connectivity index (χ1) is 23.2. The summed E-state index contributed by atoms with van der Waals surface area (Å²) in [5.74, 6) is -4.31. The number of carboxylic acid groups (broad SMARTS) is 1. The van der Waals surface area contributed by atoms with Crippen LogP contribution in [0, 0.1) is 0 Å². The van der Waals surface area contributed by atoms with Gasteiger partial charge < -0.3 is 46.2 Å². The molecule has 3 aliphatic heterocycles. The van der Waals surface area contributed by atoms with Gasteiger partial charge in [0.15, 0.2) is 0 Å². The summed E-state index contributed by atoms with van der Waals surface area (Å²) in [6, 6.07) is 10.5. The number of H-pyrrole nitrogens is 1. The molecule has 5 atom stereocenters. The summed E-state index contributed by atoms with van der Waals surface area (Å²) in [6.45, 7) is 3.33. The Morgan fingerprint density at radius 2 is 1.68 bits per heavy atom. The number of phenols is 1. The van der Waals surface area contributed by atoms with E-state index < -0.39 is 63.5 Å². The number of thioether (sulfide) groups is 1. The second-order valence-electron chi connectivity index (χ2n) is 12.4. The average Bonchev–Trinajstić information content (AvgIpc) is 3.61. The van der Waals surface area contributed by atoms with Crippen molar-refractivity contribution in [3.63, 3.8) is 0 Å². The van der Waals surface area contributed by atoms with Crippen molar-refractivity contribution in [2.75, 3.05) is 5.32 Å². The molecule has 50 heavy (non-hydrogen) atoms. The van der Waals surface area contributed by atoms with Gasteiger partial charge in [-0.25, -0.2) is 0 Å². The monoisotopic (exact) mass is 710 g/mol. The maximum atomic E-state index is 13.6. The van der Waals surface area contributed by atoms with Crippen molar-refractivity contribution >= 4 is 53.0 Å². The molecule has 2 aromatic carbocycles. The minimum absolute atomic E-state index is 0. The van der Waals surface area contributed by atoms with E-state index in [9.17, 15) is 43.8 Å². The predicted molar refractivity (Wildman–Crippen MR) is 174 cm³/mol. The molecule has 0 aliphatic carbocycles. The van der Waals surface area contributed by atoms with Gasteiger partial charge in [-0.05, 0) is 67.8 Å². The fourth-order valence-corrected chi connectivity index (χ4v) is 7.75. The van der Waals surface area contributed by atoms with E-state index in [1.807, 2.05) is 0 Å². The number of nitrogens with zero attached hydrogens (tertiary/aromatic N) is 1. The number of carboxylic acids is 1. The van der Waals surface area contributed by atoms with Gasteiger partial charge in [-0.2, -0.15) is 0 Å². The molecule has 3 aromatic rings. The SMILES string of the molecule is CC1(C)S[C@@H]2[C@H](NC(=O)C(NC(=O)c3ccc(-c4ccc(NC(=O)C5CCC(=O)N5)cc4)[nH]c3=O)c3ccc(O)cc3)C(=O)N2[C@H]1C(=O)[O-].[Na+]. The van der Waals surface area contributed by atoms with Crippen LogP contribution in [0.15, 0.2) is 65.5 Å². The van der Waals surface area contributed by atoms with Crippen molar-refractivity contribution in [3.05, 3.63) is 82.1 Å². The first-order valence-corrected chi connectivity index (χ1v) is 16.2. The van der Waals surface area contributed by atoms with Crippen molar-refractivity contribution in [1.82, 2.24) is 25.8 Å². The van der Waals surface area contributed by atoms with Gasteiger partial charge in [0.05, 0.1) is 12.0 Å². The summed E-state index contributed by atoms with van der Waals surface area (Å²) in [5.41, 5.74) is 0.614.